The van der Waals surface area contributed by atoms with E-state index in [0.717, 1.165) is 23.8 Å². The fraction of sp³-hybridized carbons (Fsp3) is 1.00. The molecule has 1 nitrogen and oxygen atoms in total. The van der Waals surface area contributed by atoms with Gasteiger partial charge in [-0.15, -0.1) is 0 Å². The number of rotatable bonds is 5. The lowest BCUT2D eigenvalue weighted by molar-refractivity contribution is 0.163. The van der Waals surface area contributed by atoms with Crippen LogP contribution < -0.4 is 5.32 Å². The lowest BCUT2D eigenvalue weighted by atomic mass is 9.74. The zero-order valence-corrected chi connectivity index (χ0v) is 12.4. The summed E-state index contributed by atoms with van der Waals surface area (Å²) in [5.74, 6) is 3.86. The van der Waals surface area contributed by atoms with Crippen LogP contribution in [0.5, 0.6) is 0 Å². The maximum Gasteiger partial charge on any atom is 0.0132 e. The average Bonchev–Trinajstić information content (AvgIpc) is 2.17. The monoisotopic (exact) mass is 243 g/mol. The van der Waals surface area contributed by atoms with Gasteiger partial charge in [0.1, 0.15) is 0 Å². The summed E-state index contributed by atoms with van der Waals surface area (Å²) in [4.78, 5) is 0. The van der Waals surface area contributed by atoms with E-state index in [-0.39, 0.29) is 0 Å². The van der Waals surface area contributed by atoms with Crippen LogP contribution in [0.4, 0.5) is 0 Å². The summed E-state index contributed by atoms with van der Waals surface area (Å²) < 4.78 is 0. The Labute approximate surface area is 106 Å². The minimum Gasteiger partial charge on any atom is -0.310 e. The summed E-state index contributed by atoms with van der Waals surface area (Å²) >= 11 is 1.95. The quantitative estimate of drug-likeness (QED) is 0.788. The molecule has 1 N–H and O–H groups in total. The molecule has 0 aromatic carbocycles. The number of thioether (sulfide) groups is 1. The third-order valence-electron chi connectivity index (χ3n) is 3.94. The third-order valence-corrected chi connectivity index (χ3v) is 4.77. The first kappa shape index (κ1) is 14.4. The van der Waals surface area contributed by atoms with Gasteiger partial charge in [-0.3, -0.25) is 0 Å². The first-order valence-electron chi connectivity index (χ1n) is 6.79. The summed E-state index contributed by atoms with van der Waals surface area (Å²) in [5, 5.41) is 3.86. The minimum absolute atomic E-state index is 0.659. The Kier molecular flexibility index (Phi) is 6.20. The van der Waals surface area contributed by atoms with E-state index in [1.54, 1.807) is 0 Å². The predicted molar refractivity (Wildman–Crippen MR) is 76.1 cm³/mol. The molecule has 0 radical (unpaired) electrons. The fourth-order valence-electron chi connectivity index (χ4n) is 3.06. The Hall–Kier alpha value is 0.310. The molecule has 2 heteroatoms. The topological polar surface area (TPSA) is 12.0 Å². The second kappa shape index (κ2) is 6.90. The van der Waals surface area contributed by atoms with Crippen LogP contribution in [0.25, 0.3) is 0 Å². The molecular weight excluding hydrogens is 214 g/mol. The molecule has 16 heavy (non-hydrogen) atoms. The lowest BCUT2D eigenvalue weighted by Gasteiger charge is -2.39. The predicted octanol–water partition coefficient (Wildman–Crippen LogP) is 3.79. The number of hydrogen-bond donors (Lipinski definition) is 1. The molecular formula is C14H29NS. The normalized spacial score (nSPS) is 33.0. The van der Waals surface area contributed by atoms with Crippen LogP contribution in [0.2, 0.25) is 0 Å². The zero-order chi connectivity index (χ0) is 12.1. The molecule has 0 spiro atoms. The third kappa shape index (κ3) is 4.29. The van der Waals surface area contributed by atoms with Gasteiger partial charge in [0, 0.05) is 17.8 Å². The van der Waals surface area contributed by atoms with Gasteiger partial charge in [0.15, 0.2) is 0 Å². The SMILES string of the molecule is CSCC(C)NC1CC(C)CCC1C(C)C. The molecule has 1 rings (SSSR count). The lowest BCUT2D eigenvalue weighted by Crippen LogP contribution is -2.47. The van der Waals surface area contributed by atoms with Crippen LogP contribution in [-0.2, 0) is 0 Å². The highest BCUT2D eigenvalue weighted by Crippen LogP contribution is 2.33. The van der Waals surface area contributed by atoms with Crippen molar-refractivity contribution in [2.24, 2.45) is 17.8 Å². The summed E-state index contributed by atoms with van der Waals surface area (Å²) in [5.41, 5.74) is 0. The largest absolute Gasteiger partial charge is 0.310 e. The van der Waals surface area contributed by atoms with Crippen molar-refractivity contribution in [1.29, 1.82) is 0 Å². The molecule has 0 saturated heterocycles. The van der Waals surface area contributed by atoms with Crippen LogP contribution in [0.15, 0.2) is 0 Å². The van der Waals surface area contributed by atoms with Gasteiger partial charge in [-0.25, -0.2) is 0 Å². The number of hydrogen-bond acceptors (Lipinski definition) is 2. The van der Waals surface area contributed by atoms with E-state index in [1.165, 1.54) is 25.0 Å². The maximum absolute atomic E-state index is 3.86. The minimum atomic E-state index is 0.659. The van der Waals surface area contributed by atoms with Gasteiger partial charge in [0.2, 0.25) is 0 Å². The fourth-order valence-corrected chi connectivity index (χ4v) is 3.65. The summed E-state index contributed by atoms with van der Waals surface area (Å²) in [7, 11) is 0. The van der Waals surface area contributed by atoms with Crippen molar-refractivity contribution in [1.82, 2.24) is 5.32 Å². The van der Waals surface area contributed by atoms with Crippen molar-refractivity contribution >= 4 is 11.8 Å². The molecule has 0 heterocycles. The van der Waals surface area contributed by atoms with E-state index in [2.05, 4.69) is 39.3 Å². The molecule has 1 aliphatic rings. The van der Waals surface area contributed by atoms with Crippen LogP contribution in [0, 0.1) is 17.8 Å². The van der Waals surface area contributed by atoms with E-state index in [9.17, 15) is 0 Å². The highest BCUT2D eigenvalue weighted by atomic mass is 32.2. The van der Waals surface area contributed by atoms with Gasteiger partial charge in [-0.05, 0) is 43.8 Å². The molecule has 0 aromatic rings. The van der Waals surface area contributed by atoms with Crippen molar-refractivity contribution in [2.45, 2.75) is 59.0 Å². The Morgan fingerprint density at radius 2 is 1.94 bits per heavy atom. The molecule has 0 bridgehead atoms. The van der Waals surface area contributed by atoms with Crippen LogP contribution >= 0.6 is 11.8 Å². The molecule has 0 amide bonds. The summed E-state index contributed by atoms with van der Waals surface area (Å²) in [6, 6.07) is 1.41. The van der Waals surface area contributed by atoms with Crippen molar-refractivity contribution in [3.63, 3.8) is 0 Å². The molecule has 1 saturated carbocycles. The first-order valence-corrected chi connectivity index (χ1v) is 8.19. The second-order valence-electron chi connectivity index (χ2n) is 5.96. The molecule has 1 aliphatic carbocycles. The van der Waals surface area contributed by atoms with Crippen LogP contribution in [0.1, 0.15) is 47.0 Å². The van der Waals surface area contributed by atoms with Crippen LogP contribution in [0.3, 0.4) is 0 Å². The van der Waals surface area contributed by atoms with E-state index >= 15 is 0 Å². The Bertz CT molecular complexity index is 193. The molecule has 4 unspecified atom stereocenters. The van der Waals surface area contributed by atoms with E-state index < -0.39 is 0 Å². The van der Waals surface area contributed by atoms with Crippen molar-refractivity contribution < 1.29 is 0 Å². The number of nitrogens with one attached hydrogen (secondary N) is 1. The van der Waals surface area contributed by atoms with Gasteiger partial charge in [0.25, 0.3) is 0 Å². The van der Waals surface area contributed by atoms with Crippen molar-refractivity contribution in [3.8, 4) is 0 Å². The average molecular weight is 243 g/mol. The van der Waals surface area contributed by atoms with Gasteiger partial charge in [-0.1, -0.05) is 27.2 Å². The van der Waals surface area contributed by atoms with Gasteiger partial charge >= 0.3 is 0 Å². The molecule has 0 aliphatic heterocycles. The van der Waals surface area contributed by atoms with E-state index in [0.29, 0.717) is 6.04 Å². The summed E-state index contributed by atoms with van der Waals surface area (Å²) in [6.45, 7) is 9.50. The van der Waals surface area contributed by atoms with Gasteiger partial charge in [0.05, 0.1) is 0 Å². The highest BCUT2D eigenvalue weighted by molar-refractivity contribution is 7.98. The van der Waals surface area contributed by atoms with E-state index in [1.807, 2.05) is 11.8 Å². The Morgan fingerprint density at radius 1 is 1.25 bits per heavy atom. The highest BCUT2D eigenvalue weighted by Gasteiger charge is 2.30. The molecule has 0 aromatic heterocycles. The maximum atomic E-state index is 3.86. The standard InChI is InChI=1S/C14H29NS/c1-10(2)13-7-6-11(3)8-14(13)15-12(4)9-16-5/h10-15H,6-9H2,1-5H3. The molecule has 96 valence electrons. The Balaban J connectivity index is 2.50. The van der Waals surface area contributed by atoms with Gasteiger partial charge in [-0.2, -0.15) is 11.8 Å². The van der Waals surface area contributed by atoms with Crippen LogP contribution in [-0.4, -0.2) is 24.1 Å². The summed E-state index contributed by atoms with van der Waals surface area (Å²) in [6.07, 6.45) is 6.42. The molecule has 4 atom stereocenters. The molecule has 1 fully saturated rings. The first-order chi connectivity index (χ1) is 7.54. The van der Waals surface area contributed by atoms with E-state index in [4.69, 9.17) is 0 Å². The smallest absolute Gasteiger partial charge is 0.0132 e. The zero-order valence-electron chi connectivity index (χ0n) is 11.6. The van der Waals surface area contributed by atoms with Gasteiger partial charge < -0.3 is 5.32 Å². The second-order valence-corrected chi connectivity index (χ2v) is 6.87. The van der Waals surface area contributed by atoms with Crippen molar-refractivity contribution in [2.75, 3.05) is 12.0 Å². The van der Waals surface area contributed by atoms with Crippen molar-refractivity contribution in [3.05, 3.63) is 0 Å². The Morgan fingerprint density at radius 3 is 2.50 bits per heavy atom.